The quantitative estimate of drug-likeness (QED) is 0.928. The second kappa shape index (κ2) is 5.33. The molecule has 5 heteroatoms. The van der Waals surface area contributed by atoms with E-state index in [-0.39, 0.29) is 12.5 Å². The molecule has 2 aromatic rings. The van der Waals surface area contributed by atoms with Crippen molar-refractivity contribution in [3.05, 3.63) is 57.3 Å². The van der Waals surface area contributed by atoms with E-state index in [0.717, 1.165) is 16.7 Å². The summed E-state index contributed by atoms with van der Waals surface area (Å²) in [6, 6.07) is 7.45. The largest absolute Gasteiger partial charge is 0.481 e. The molecule has 1 amide bonds. The molecule has 0 fully saturated rings. The van der Waals surface area contributed by atoms with Crippen LogP contribution in [-0.4, -0.2) is 28.4 Å². The number of carbonyl (C=O) groups excluding carboxylic acids is 1. The van der Waals surface area contributed by atoms with E-state index in [0.29, 0.717) is 12.1 Å². The summed E-state index contributed by atoms with van der Waals surface area (Å²) in [4.78, 5) is 25.7. The first-order valence-electron chi connectivity index (χ1n) is 6.70. The van der Waals surface area contributed by atoms with Crippen LogP contribution < -0.4 is 0 Å². The minimum atomic E-state index is -0.887. The molecule has 1 atom stereocenters. The lowest BCUT2D eigenvalue weighted by atomic mass is 9.89. The van der Waals surface area contributed by atoms with E-state index in [1.165, 1.54) is 11.3 Å². The van der Waals surface area contributed by atoms with Crippen LogP contribution in [0.5, 0.6) is 0 Å². The third kappa shape index (κ3) is 2.45. The Kier molecular flexibility index (Phi) is 3.51. The molecule has 108 valence electrons. The third-order valence-corrected chi connectivity index (χ3v) is 4.73. The molecule has 4 nitrogen and oxygen atoms in total. The number of thiophene rings is 1. The Labute approximate surface area is 126 Å². The number of benzene rings is 1. The van der Waals surface area contributed by atoms with E-state index < -0.39 is 11.9 Å². The molecule has 0 spiro atoms. The van der Waals surface area contributed by atoms with E-state index in [1.54, 1.807) is 4.90 Å². The van der Waals surface area contributed by atoms with Crippen molar-refractivity contribution in [2.24, 2.45) is 0 Å². The van der Waals surface area contributed by atoms with Gasteiger partial charge in [0, 0.05) is 18.5 Å². The van der Waals surface area contributed by atoms with Crippen LogP contribution in [0.25, 0.3) is 0 Å². The molecular weight excluding hydrogens is 286 g/mol. The smallest absolute Gasteiger partial charge is 0.312 e. The van der Waals surface area contributed by atoms with Crippen LogP contribution in [0.3, 0.4) is 0 Å². The molecule has 0 radical (unpaired) electrons. The molecular formula is C16H15NO3S. The molecule has 2 heterocycles. The molecule has 0 bridgehead atoms. The van der Waals surface area contributed by atoms with Gasteiger partial charge in [0.2, 0.25) is 0 Å². The molecule has 1 aromatic heterocycles. The number of carboxylic acids is 1. The van der Waals surface area contributed by atoms with Crippen LogP contribution in [0.15, 0.2) is 35.0 Å². The van der Waals surface area contributed by atoms with E-state index in [2.05, 4.69) is 0 Å². The molecule has 1 aliphatic rings. The van der Waals surface area contributed by atoms with Gasteiger partial charge in [0.25, 0.3) is 5.91 Å². The number of amides is 1. The number of carboxylic acid groups (broad SMARTS) is 1. The molecule has 0 saturated carbocycles. The summed E-state index contributed by atoms with van der Waals surface area (Å²) in [5.41, 5.74) is 3.34. The van der Waals surface area contributed by atoms with Crippen molar-refractivity contribution in [2.45, 2.75) is 19.4 Å². The van der Waals surface area contributed by atoms with Gasteiger partial charge in [-0.1, -0.05) is 24.3 Å². The van der Waals surface area contributed by atoms with Gasteiger partial charge in [0.1, 0.15) is 0 Å². The van der Waals surface area contributed by atoms with E-state index >= 15 is 0 Å². The SMILES string of the molecule is Cc1cscc1C(=O)N1Cc2ccccc2C(C(=O)O)C1. The van der Waals surface area contributed by atoms with E-state index in [9.17, 15) is 14.7 Å². The van der Waals surface area contributed by atoms with Gasteiger partial charge in [-0.3, -0.25) is 9.59 Å². The highest BCUT2D eigenvalue weighted by molar-refractivity contribution is 7.08. The fourth-order valence-corrected chi connectivity index (χ4v) is 3.54. The zero-order chi connectivity index (χ0) is 15.0. The van der Waals surface area contributed by atoms with Crippen molar-refractivity contribution in [3.8, 4) is 0 Å². The number of aliphatic carboxylic acids is 1. The van der Waals surface area contributed by atoms with Gasteiger partial charge in [0.15, 0.2) is 0 Å². The molecule has 21 heavy (non-hydrogen) atoms. The molecule has 0 aliphatic carbocycles. The summed E-state index contributed by atoms with van der Waals surface area (Å²) in [6.45, 7) is 2.59. The molecule has 1 unspecified atom stereocenters. The molecule has 1 aliphatic heterocycles. The maximum atomic E-state index is 12.6. The highest BCUT2D eigenvalue weighted by Gasteiger charge is 2.33. The van der Waals surface area contributed by atoms with Gasteiger partial charge in [-0.25, -0.2) is 0 Å². The fourth-order valence-electron chi connectivity index (χ4n) is 2.72. The van der Waals surface area contributed by atoms with E-state index in [4.69, 9.17) is 0 Å². The standard InChI is InChI=1S/C16H15NO3S/c1-10-8-21-9-14(10)15(18)17-6-11-4-2-3-5-12(11)13(7-17)16(19)20/h2-5,8-9,13H,6-7H2,1H3,(H,19,20). The fraction of sp³-hybridized carbons (Fsp3) is 0.250. The zero-order valence-electron chi connectivity index (χ0n) is 11.6. The molecule has 1 aromatic carbocycles. The second-order valence-electron chi connectivity index (χ2n) is 5.24. The number of carbonyl (C=O) groups is 2. The Morgan fingerprint density at radius 1 is 1.29 bits per heavy atom. The number of rotatable bonds is 2. The minimum Gasteiger partial charge on any atom is -0.481 e. The van der Waals surface area contributed by atoms with Crippen LogP contribution in [0.4, 0.5) is 0 Å². The van der Waals surface area contributed by atoms with Crippen molar-refractivity contribution in [1.82, 2.24) is 4.90 Å². The maximum Gasteiger partial charge on any atom is 0.312 e. The topological polar surface area (TPSA) is 57.6 Å². The summed E-state index contributed by atoms with van der Waals surface area (Å²) in [5.74, 6) is -1.63. The van der Waals surface area contributed by atoms with Crippen LogP contribution in [0.1, 0.15) is 33.0 Å². The first kappa shape index (κ1) is 13.8. The van der Waals surface area contributed by atoms with Crippen LogP contribution in [-0.2, 0) is 11.3 Å². The maximum absolute atomic E-state index is 12.6. The predicted molar refractivity (Wildman–Crippen MR) is 80.6 cm³/mol. The van der Waals surface area contributed by atoms with Gasteiger partial charge in [-0.15, -0.1) is 0 Å². The van der Waals surface area contributed by atoms with Crippen molar-refractivity contribution in [3.63, 3.8) is 0 Å². The first-order valence-corrected chi connectivity index (χ1v) is 7.65. The van der Waals surface area contributed by atoms with Gasteiger partial charge in [-0.2, -0.15) is 11.3 Å². The average Bonchev–Trinajstić information content (AvgIpc) is 2.91. The number of hydrogen-bond acceptors (Lipinski definition) is 3. The highest BCUT2D eigenvalue weighted by Crippen LogP contribution is 2.30. The Morgan fingerprint density at radius 2 is 2.05 bits per heavy atom. The number of hydrogen-bond donors (Lipinski definition) is 1. The van der Waals surface area contributed by atoms with Crippen molar-refractivity contribution < 1.29 is 14.7 Å². The second-order valence-corrected chi connectivity index (χ2v) is 5.99. The van der Waals surface area contributed by atoms with Crippen LogP contribution in [0.2, 0.25) is 0 Å². The van der Waals surface area contributed by atoms with Gasteiger partial charge >= 0.3 is 5.97 Å². The van der Waals surface area contributed by atoms with Crippen LogP contribution in [0, 0.1) is 6.92 Å². The lowest BCUT2D eigenvalue weighted by molar-refractivity contribution is -0.139. The summed E-state index contributed by atoms with van der Waals surface area (Å²) in [6.07, 6.45) is 0. The third-order valence-electron chi connectivity index (χ3n) is 3.87. The van der Waals surface area contributed by atoms with Crippen molar-refractivity contribution in [1.29, 1.82) is 0 Å². The first-order chi connectivity index (χ1) is 10.1. The normalized spacial score (nSPS) is 17.4. The number of fused-ring (bicyclic) bond motifs is 1. The van der Waals surface area contributed by atoms with Gasteiger partial charge in [-0.05, 0) is 29.0 Å². The number of nitrogens with zero attached hydrogens (tertiary/aromatic N) is 1. The summed E-state index contributed by atoms with van der Waals surface area (Å²) in [7, 11) is 0. The molecule has 1 N–H and O–H groups in total. The minimum absolute atomic E-state index is 0.0884. The Hall–Kier alpha value is -2.14. The molecule has 3 rings (SSSR count). The van der Waals surface area contributed by atoms with Crippen LogP contribution >= 0.6 is 11.3 Å². The average molecular weight is 301 g/mol. The predicted octanol–water partition coefficient (Wildman–Crippen LogP) is 2.88. The number of aryl methyl sites for hydroxylation is 1. The molecule has 0 saturated heterocycles. The van der Waals surface area contributed by atoms with Crippen molar-refractivity contribution in [2.75, 3.05) is 6.54 Å². The Balaban J connectivity index is 1.95. The van der Waals surface area contributed by atoms with Gasteiger partial charge < -0.3 is 10.0 Å². The monoisotopic (exact) mass is 301 g/mol. The Morgan fingerprint density at radius 3 is 2.71 bits per heavy atom. The zero-order valence-corrected chi connectivity index (χ0v) is 12.4. The lowest BCUT2D eigenvalue weighted by Gasteiger charge is -2.32. The Bertz CT molecular complexity index is 707. The summed E-state index contributed by atoms with van der Waals surface area (Å²) in [5, 5.41) is 13.2. The van der Waals surface area contributed by atoms with Gasteiger partial charge in [0.05, 0.1) is 11.5 Å². The highest BCUT2D eigenvalue weighted by atomic mass is 32.1. The summed E-state index contributed by atoms with van der Waals surface area (Å²) < 4.78 is 0. The van der Waals surface area contributed by atoms with E-state index in [1.807, 2.05) is 41.9 Å². The summed E-state index contributed by atoms with van der Waals surface area (Å²) >= 11 is 1.49. The lowest BCUT2D eigenvalue weighted by Crippen LogP contribution is -2.40. The van der Waals surface area contributed by atoms with Crippen molar-refractivity contribution >= 4 is 23.2 Å².